The maximum absolute atomic E-state index is 13.7. The second-order valence-electron chi connectivity index (χ2n) is 7.35. The van der Waals surface area contributed by atoms with Gasteiger partial charge in [-0.2, -0.15) is 13.2 Å². The van der Waals surface area contributed by atoms with Crippen LogP contribution in [0.25, 0.3) is 10.9 Å². The number of fused-ring (bicyclic) bond motifs is 1. The normalized spacial score (nSPS) is 12.5. The molecule has 4 nitrogen and oxygen atoms in total. The second kappa shape index (κ2) is 8.78. The fourth-order valence-corrected chi connectivity index (χ4v) is 3.56. The lowest BCUT2D eigenvalue weighted by atomic mass is 9.97. The molecule has 0 saturated carbocycles. The van der Waals surface area contributed by atoms with Crippen LogP contribution >= 0.6 is 0 Å². The van der Waals surface area contributed by atoms with Crippen molar-refractivity contribution in [3.05, 3.63) is 107 Å². The van der Waals surface area contributed by atoms with Crippen molar-refractivity contribution in [3.8, 4) is 0 Å². The standard InChI is InChI=1S/C25H20F3N3O/c1-2-16-7-9-18(10-8-16)22(23-20(25(26,27)28)6-4-14-30-23)31-24(32)19-12-11-17-5-3-13-29-21(17)15-19/h3-15,22H,2H2,1H3,(H,31,32). The molecule has 2 aromatic carbocycles. The highest BCUT2D eigenvalue weighted by atomic mass is 19.4. The van der Waals surface area contributed by atoms with Gasteiger partial charge < -0.3 is 5.32 Å². The van der Waals surface area contributed by atoms with Gasteiger partial charge in [0.1, 0.15) is 0 Å². The average Bonchev–Trinajstić information content (AvgIpc) is 2.81. The number of aryl methyl sites for hydroxylation is 1. The zero-order chi connectivity index (χ0) is 22.7. The van der Waals surface area contributed by atoms with Crippen molar-refractivity contribution >= 4 is 16.8 Å². The minimum Gasteiger partial charge on any atom is -0.340 e. The number of alkyl halides is 3. The van der Waals surface area contributed by atoms with Crippen LogP contribution in [0.3, 0.4) is 0 Å². The maximum atomic E-state index is 13.7. The van der Waals surface area contributed by atoms with Crippen molar-refractivity contribution in [1.29, 1.82) is 0 Å². The first-order valence-electron chi connectivity index (χ1n) is 10.1. The van der Waals surface area contributed by atoms with Gasteiger partial charge in [-0.25, -0.2) is 0 Å². The molecule has 1 unspecified atom stereocenters. The summed E-state index contributed by atoms with van der Waals surface area (Å²) in [5.74, 6) is -0.513. The monoisotopic (exact) mass is 435 g/mol. The summed E-state index contributed by atoms with van der Waals surface area (Å²) < 4.78 is 41.2. The Morgan fingerprint density at radius 3 is 2.41 bits per heavy atom. The molecule has 2 aromatic heterocycles. The van der Waals surface area contributed by atoms with E-state index in [1.54, 1.807) is 42.6 Å². The van der Waals surface area contributed by atoms with Crippen molar-refractivity contribution in [2.45, 2.75) is 25.6 Å². The van der Waals surface area contributed by atoms with Crippen molar-refractivity contribution in [2.24, 2.45) is 0 Å². The predicted octanol–water partition coefficient (Wildman–Crippen LogP) is 5.73. The van der Waals surface area contributed by atoms with Crippen molar-refractivity contribution in [3.63, 3.8) is 0 Å². The van der Waals surface area contributed by atoms with Crippen LogP contribution in [-0.4, -0.2) is 15.9 Å². The van der Waals surface area contributed by atoms with Crippen LogP contribution in [0.1, 0.15) is 45.7 Å². The van der Waals surface area contributed by atoms with E-state index in [0.29, 0.717) is 16.6 Å². The van der Waals surface area contributed by atoms with Gasteiger partial charge in [0.2, 0.25) is 0 Å². The van der Waals surface area contributed by atoms with Crippen molar-refractivity contribution in [2.75, 3.05) is 0 Å². The number of halogens is 3. The molecule has 1 atom stereocenters. The van der Waals surface area contributed by atoms with Gasteiger partial charge >= 0.3 is 6.18 Å². The number of rotatable bonds is 5. The minimum absolute atomic E-state index is 0.253. The fourth-order valence-electron chi connectivity index (χ4n) is 3.56. The van der Waals surface area contributed by atoms with Gasteiger partial charge in [-0.15, -0.1) is 0 Å². The van der Waals surface area contributed by atoms with E-state index >= 15 is 0 Å². The highest BCUT2D eigenvalue weighted by molar-refractivity contribution is 5.98. The topological polar surface area (TPSA) is 54.9 Å². The number of hydrogen-bond donors (Lipinski definition) is 1. The third-order valence-electron chi connectivity index (χ3n) is 5.28. The van der Waals surface area contributed by atoms with E-state index in [4.69, 9.17) is 0 Å². The predicted molar refractivity (Wildman–Crippen MR) is 116 cm³/mol. The van der Waals surface area contributed by atoms with Gasteiger partial charge in [-0.1, -0.05) is 43.3 Å². The lowest BCUT2D eigenvalue weighted by Gasteiger charge is -2.22. The van der Waals surface area contributed by atoms with Gasteiger partial charge in [-0.3, -0.25) is 14.8 Å². The minimum atomic E-state index is -4.61. The van der Waals surface area contributed by atoms with Crippen LogP contribution in [0.5, 0.6) is 0 Å². The average molecular weight is 435 g/mol. The third-order valence-corrected chi connectivity index (χ3v) is 5.28. The molecule has 32 heavy (non-hydrogen) atoms. The Hall–Kier alpha value is -3.74. The summed E-state index contributed by atoms with van der Waals surface area (Å²) in [7, 11) is 0. The Bertz CT molecular complexity index is 1250. The molecule has 0 saturated heterocycles. The van der Waals surface area contributed by atoms with Gasteiger partial charge in [0, 0.05) is 23.3 Å². The first kappa shape index (κ1) is 21.5. The van der Waals surface area contributed by atoms with Crippen LogP contribution in [0.2, 0.25) is 0 Å². The molecule has 0 bridgehead atoms. The van der Waals surface area contributed by atoms with Crippen LogP contribution in [0.4, 0.5) is 13.2 Å². The summed E-state index contributed by atoms with van der Waals surface area (Å²) in [5.41, 5.74) is 1.34. The molecule has 2 heterocycles. The molecular weight excluding hydrogens is 415 g/mol. The van der Waals surface area contributed by atoms with Gasteiger partial charge in [0.15, 0.2) is 0 Å². The first-order chi connectivity index (χ1) is 15.4. The Kier molecular flexibility index (Phi) is 5.90. The molecule has 4 rings (SSSR count). The zero-order valence-electron chi connectivity index (χ0n) is 17.2. The van der Waals surface area contributed by atoms with Crippen molar-refractivity contribution in [1.82, 2.24) is 15.3 Å². The van der Waals surface area contributed by atoms with E-state index in [2.05, 4.69) is 15.3 Å². The smallest absolute Gasteiger partial charge is 0.340 e. The van der Waals surface area contributed by atoms with E-state index < -0.39 is 23.7 Å². The lowest BCUT2D eigenvalue weighted by Crippen LogP contribution is -2.31. The summed E-state index contributed by atoms with van der Waals surface area (Å²) in [6, 6.07) is 16.9. The zero-order valence-corrected chi connectivity index (χ0v) is 17.2. The summed E-state index contributed by atoms with van der Waals surface area (Å²) in [4.78, 5) is 21.3. The highest BCUT2D eigenvalue weighted by Crippen LogP contribution is 2.35. The van der Waals surface area contributed by atoms with Crippen molar-refractivity contribution < 1.29 is 18.0 Å². The number of hydrogen-bond acceptors (Lipinski definition) is 3. The molecule has 4 aromatic rings. The number of pyridine rings is 2. The van der Waals surface area contributed by atoms with E-state index in [-0.39, 0.29) is 5.69 Å². The van der Waals surface area contributed by atoms with Crippen LogP contribution in [0.15, 0.2) is 79.1 Å². The molecule has 1 N–H and O–H groups in total. The molecule has 0 aliphatic heterocycles. The largest absolute Gasteiger partial charge is 0.418 e. The number of aromatic nitrogens is 2. The van der Waals surface area contributed by atoms with Gasteiger partial charge in [-0.05, 0) is 47.9 Å². The molecular formula is C25H20F3N3O. The van der Waals surface area contributed by atoms with Gasteiger partial charge in [0.05, 0.1) is 22.8 Å². The second-order valence-corrected chi connectivity index (χ2v) is 7.35. The quantitative estimate of drug-likeness (QED) is 0.436. The summed E-state index contributed by atoms with van der Waals surface area (Å²) in [5, 5.41) is 3.61. The molecule has 7 heteroatoms. The summed E-state index contributed by atoms with van der Waals surface area (Å²) >= 11 is 0. The highest BCUT2D eigenvalue weighted by Gasteiger charge is 2.37. The maximum Gasteiger partial charge on any atom is 0.418 e. The Balaban J connectivity index is 1.76. The molecule has 0 spiro atoms. The SMILES string of the molecule is CCc1ccc(C(NC(=O)c2ccc3cccnc3c2)c2ncccc2C(F)(F)F)cc1. The Morgan fingerprint density at radius 2 is 1.69 bits per heavy atom. The Labute approximate surface area is 183 Å². The molecule has 0 aliphatic carbocycles. The van der Waals surface area contributed by atoms with E-state index in [1.165, 1.54) is 12.3 Å². The summed E-state index contributed by atoms with van der Waals surface area (Å²) in [6.45, 7) is 1.99. The number of amides is 1. The van der Waals surface area contributed by atoms with Crippen LogP contribution in [-0.2, 0) is 12.6 Å². The van der Waals surface area contributed by atoms with E-state index in [0.717, 1.165) is 23.4 Å². The molecule has 162 valence electrons. The first-order valence-corrected chi connectivity index (χ1v) is 10.1. The van der Waals surface area contributed by atoms with Crippen LogP contribution in [0, 0.1) is 0 Å². The van der Waals surface area contributed by atoms with E-state index in [1.807, 2.05) is 25.1 Å². The number of nitrogens with zero attached hydrogens (tertiary/aromatic N) is 2. The Morgan fingerprint density at radius 1 is 0.969 bits per heavy atom. The molecule has 0 fully saturated rings. The molecule has 0 radical (unpaired) electrons. The third kappa shape index (κ3) is 4.46. The molecule has 1 amide bonds. The number of nitrogens with one attached hydrogen (secondary N) is 1. The molecule has 0 aliphatic rings. The van der Waals surface area contributed by atoms with E-state index in [9.17, 15) is 18.0 Å². The number of carbonyl (C=O) groups excluding carboxylic acids is 1. The lowest BCUT2D eigenvalue weighted by molar-refractivity contribution is -0.138. The fraction of sp³-hybridized carbons (Fsp3) is 0.160. The number of carbonyl (C=O) groups is 1. The van der Waals surface area contributed by atoms with Gasteiger partial charge in [0.25, 0.3) is 5.91 Å². The van der Waals surface area contributed by atoms with Crippen LogP contribution < -0.4 is 5.32 Å². The number of benzene rings is 2. The summed E-state index contributed by atoms with van der Waals surface area (Å²) in [6.07, 6.45) is -0.905.